The van der Waals surface area contributed by atoms with Gasteiger partial charge < -0.3 is 5.73 Å². The summed E-state index contributed by atoms with van der Waals surface area (Å²) in [6.45, 7) is 3.89. The van der Waals surface area contributed by atoms with Gasteiger partial charge in [-0.25, -0.2) is 4.39 Å². The normalized spacial score (nSPS) is 13.0. The zero-order valence-corrected chi connectivity index (χ0v) is 9.50. The number of nitrogens with two attached hydrogens (primary N) is 1. The molecule has 1 aromatic heterocycles. The fourth-order valence-electron chi connectivity index (χ4n) is 1.91. The smallest absolute Gasteiger partial charge is 0.149 e. The highest BCUT2D eigenvalue weighted by atomic mass is 19.1. The van der Waals surface area contributed by atoms with Crippen LogP contribution in [0.15, 0.2) is 24.4 Å². The van der Waals surface area contributed by atoms with Crippen molar-refractivity contribution in [2.75, 3.05) is 0 Å². The van der Waals surface area contributed by atoms with Crippen LogP contribution in [0.25, 0.3) is 10.9 Å². The summed E-state index contributed by atoms with van der Waals surface area (Å²) >= 11 is 0. The lowest BCUT2D eigenvalue weighted by molar-refractivity contribution is 0.634. The van der Waals surface area contributed by atoms with E-state index in [1.165, 1.54) is 6.07 Å². The van der Waals surface area contributed by atoms with Crippen molar-refractivity contribution in [3.8, 4) is 0 Å². The second-order valence-corrected chi connectivity index (χ2v) is 4.06. The molecule has 84 valence electrons. The first-order valence-electron chi connectivity index (χ1n) is 5.43. The van der Waals surface area contributed by atoms with E-state index in [1.54, 1.807) is 6.20 Å². The molecule has 0 aliphatic rings. The van der Waals surface area contributed by atoms with Crippen molar-refractivity contribution < 1.29 is 4.39 Å². The molecule has 0 aliphatic heterocycles. The number of aromatic nitrogens is 1. The summed E-state index contributed by atoms with van der Waals surface area (Å²) in [4.78, 5) is 4.07. The zero-order valence-electron chi connectivity index (χ0n) is 9.50. The molecule has 1 aromatic carbocycles. The summed E-state index contributed by atoms with van der Waals surface area (Å²) in [7, 11) is 0. The first kappa shape index (κ1) is 11.0. The molecule has 3 heteroatoms. The molecule has 0 amide bonds. The number of hydrogen-bond acceptors (Lipinski definition) is 2. The van der Waals surface area contributed by atoms with E-state index in [4.69, 9.17) is 5.73 Å². The van der Waals surface area contributed by atoms with E-state index < -0.39 is 0 Å². The zero-order chi connectivity index (χ0) is 11.7. The van der Waals surface area contributed by atoms with Gasteiger partial charge in [-0.15, -0.1) is 0 Å². The molecule has 0 spiro atoms. The van der Waals surface area contributed by atoms with Crippen molar-refractivity contribution in [1.82, 2.24) is 4.98 Å². The van der Waals surface area contributed by atoms with Crippen LogP contribution in [0.2, 0.25) is 0 Å². The predicted molar refractivity (Wildman–Crippen MR) is 63.7 cm³/mol. The van der Waals surface area contributed by atoms with E-state index in [0.29, 0.717) is 5.52 Å². The molecule has 0 fully saturated rings. The van der Waals surface area contributed by atoms with Gasteiger partial charge in [0.05, 0.1) is 0 Å². The molecule has 0 saturated carbocycles. The summed E-state index contributed by atoms with van der Waals surface area (Å²) in [5, 5.41) is 0.828. The number of benzene rings is 1. The molecule has 0 saturated heterocycles. The number of halogens is 1. The number of rotatable bonds is 2. The molecule has 0 aliphatic carbocycles. The van der Waals surface area contributed by atoms with E-state index in [1.807, 2.05) is 26.0 Å². The van der Waals surface area contributed by atoms with Crippen LogP contribution in [-0.4, -0.2) is 4.98 Å². The van der Waals surface area contributed by atoms with Gasteiger partial charge in [0.2, 0.25) is 0 Å². The highest BCUT2D eigenvalue weighted by molar-refractivity contribution is 5.83. The lowest BCUT2D eigenvalue weighted by atomic mass is 9.99. The third-order valence-electron chi connectivity index (χ3n) is 2.82. The Morgan fingerprint density at radius 1 is 1.44 bits per heavy atom. The fraction of sp³-hybridized carbons (Fsp3) is 0.308. The highest BCUT2D eigenvalue weighted by Crippen LogP contribution is 2.26. The second-order valence-electron chi connectivity index (χ2n) is 4.06. The minimum atomic E-state index is -0.278. The van der Waals surface area contributed by atoms with Crippen LogP contribution in [0.4, 0.5) is 4.39 Å². The molecule has 0 bridgehead atoms. The number of hydrogen-bond donors (Lipinski definition) is 1. The topological polar surface area (TPSA) is 38.9 Å². The molecule has 0 radical (unpaired) electrons. The Hall–Kier alpha value is -1.48. The Bertz CT molecular complexity index is 523. The van der Waals surface area contributed by atoms with Crippen LogP contribution in [0.3, 0.4) is 0 Å². The van der Waals surface area contributed by atoms with Gasteiger partial charge in [0.1, 0.15) is 11.3 Å². The highest BCUT2D eigenvalue weighted by Gasteiger charge is 2.11. The van der Waals surface area contributed by atoms with Gasteiger partial charge in [0.25, 0.3) is 0 Å². The largest absolute Gasteiger partial charge is 0.324 e. The van der Waals surface area contributed by atoms with Crippen molar-refractivity contribution in [3.63, 3.8) is 0 Å². The molecule has 2 aromatic rings. The fourth-order valence-corrected chi connectivity index (χ4v) is 1.91. The first-order chi connectivity index (χ1) is 7.63. The van der Waals surface area contributed by atoms with Crippen molar-refractivity contribution >= 4 is 10.9 Å². The maximum Gasteiger partial charge on any atom is 0.149 e. The average Bonchev–Trinajstić information content (AvgIpc) is 2.27. The molecule has 2 nitrogen and oxygen atoms in total. The lowest BCUT2D eigenvalue weighted by Crippen LogP contribution is -2.09. The maximum atomic E-state index is 13.7. The first-order valence-corrected chi connectivity index (χ1v) is 5.43. The SMILES string of the molecule is CCC(N)c1ccnc2c(F)cc(C)cc12. The Balaban J connectivity index is 2.76. The average molecular weight is 218 g/mol. The van der Waals surface area contributed by atoms with Crippen LogP contribution in [0.5, 0.6) is 0 Å². The monoisotopic (exact) mass is 218 g/mol. The van der Waals surface area contributed by atoms with Crippen molar-refractivity contribution in [2.45, 2.75) is 26.3 Å². The number of pyridine rings is 1. The van der Waals surface area contributed by atoms with Gasteiger partial charge in [0.15, 0.2) is 0 Å². The van der Waals surface area contributed by atoms with Crippen molar-refractivity contribution in [2.24, 2.45) is 5.73 Å². The molecule has 1 heterocycles. The Morgan fingerprint density at radius 3 is 2.88 bits per heavy atom. The third kappa shape index (κ3) is 1.78. The van der Waals surface area contributed by atoms with E-state index in [-0.39, 0.29) is 11.9 Å². The number of aryl methyl sites for hydroxylation is 1. The summed E-state index contributed by atoms with van der Waals surface area (Å²) in [5.41, 5.74) is 8.28. The minimum absolute atomic E-state index is 0.0632. The van der Waals surface area contributed by atoms with Gasteiger partial charge >= 0.3 is 0 Å². The molecule has 2 N–H and O–H groups in total. The number of fused-ring (bicyclic) bond motifs is 1. The van der Waals surface area contributed by atoms with E-state index in [0.717, 1.165) is 22.9 Å². The Morgan fingerprint density at radius 2 is 2.19 bits per heavy atom. The van der Waals surface area contributed by atoms with Crippen molar-refractivity contribution in [1.29, 1.82) is 0 Å². The Kier molecular flexibility index (Phi) is 2.88. The maximum absolute atomic E-state index is 13.7. The van der Waals surface area contributed by atoms with E-state index in [9.17, 15) is 4.39 Å². The van der Waals surface area contributed by atoms with Gasteiger partial charge in [-0.3, -0.25) is 4.98 Å². The van der Waals surface area contributed by atoms with Crippen molar-refractivity contribution in [3.05, 3.63) is 41.3 Å². The molecule has 1 atom stereocenters. The van der Waals surface area contributed by atoms with Crippen LogP contribution >= 0.6 is 0 Å². The summed E-state index contributed by atoms with van der Waals surface area (Å²) < 4.78 is 13.7. The Labute approximate surface area is 94.3 Å². The molecular formula is C13H15FN2. The minimum Gasteiger partial charge on any atom is -0.324 e. The van der Waals surface area contributed by atoms with Crippen LogP contribution in [-0.2, 0) is 0 Å². The van der Waals surface area contributed by atoms with Crippen LogP contribution < -0.4 is 5.73 Å². The van der Waals surface area contributed by atoms with Crippen LogP contribution in [0, 0.1) is 12.7 Å². The molecule has 2 rings (SSSR count). The molecule has 1 unspecified atom stereocenters. The van der Waals surface area contributed by atoms with Gasteiger partial charge in [0, 0.05) is 17.6 Å². The summed E-state index contributed by atoms with van der Waals surface area (Å²) in [6.07, 6.45) is 2.44. The molecular weight excluding hydrogens is 203 g/mol. The standard InChI is InChI=1S/C13H15FN2/c1-3-12(15)9-4-5-16-13-10(9)6-8(2)7-11(13)14/h4-7,12H,3,15H2,1-2H3. The summed E-state index contributed by atoms with van der Waals surface area (Å²) in [6, 6.07) is 5.24. The van der Waals surface area contributed by atoms with E-state index in [2.05, 4.69) is 4.98 Å². The van der Waals surface area contributed by atoms with Gasteiger partial charge in [-0.2, -0.15) is 0 Å². The quantitative estimate of drug-likeness (QED) is 0.841. The lowest BCUT2D eigenvalue weighted by Gasteiger charge is -2.12. The predicted octanol–water partition coefficient (Wildman–Crippen LogP) is 3.09. The number of nitrogens with zero attached hydrogens (tertiary/aromatic N) is 1. The molecule has 16 heavy (non-hydrogen) atoms. The van der Waals surface area contributed by atoms with E-state index >= 15 is 0 Å². The van der Waals surface area contributed by atoms with Gasteiger partial charge in [-0.05, 0) is 42.7 Å². The van der Waals surface area contributed by atoms with Crippen LogP contribution in [0.1, 0.15) is 30.5 Å². The van der Waals surface area contributed by atoms with Gasteiger partial charge in [-0.1, -0.05) is 6.92 Å². The third-order valence-corrected chi connectivity index (χ3v) is 2.82. The summed E-state index contributed by atoms with van der Waals surface area (Å²) in [5.74, 6) is -0.278. The second kappa shape index (κ2) is 4.18.